The summed E-state index contributed by atoms with van der Waals surface area (Å²) in [4.78, 5) is 0. The Bertz CT molecular complexity index is 2190. The number of nitrogens with zero attached hydrogens (tertiary/aromatic N) is 1. The number of aromatic nitrogens is 1. The third-order valence-corrected chi connectivity index (χ3v) is 9.48. The Balaban J connectivity index is 1.39. The lowest BCUT2D eigenvalue weighted by Gasteiger charge is -2.18. The van der Waals surface area contributed by atoms with E-state index < -0.39 is 0 Å². The molecule has 0 aliphatic rings. The van der Waals surface area contributed by atoms with Crippen LogP contribution < -0.4 is 5.32 Å². The molecule has 0 aliphatic heterocycles. The number of hydrogen-bond acceptors (Lipinski definition) is 1. The zero-order valence-electron chi connectivity index (χ0n) is 22.3. The molecule has 0 bridgehead atoms. The molecule has 40 heavy (non-hydrogen) atoms. The summed E-state index contributed by atoms with van der Waals surface area (Å²) >= 11 is 1.93. The number of quaternary nitrogens is 1. The summed E-state index contributed by atoms with van der Waals surface area (Å²) in [6, 6.07) is 46.5. The van der Waals surface area contributed by atoms with E-state index in [0.29, 0.717) is 0 Å². The maximum Gasteiger partial charge on any atom is 0.167 e. The van der Waals surface area contributed by atoms with Gasteiger partial charge in [-0.05, 0) is 34.5 Å². The summed E-state index contributed by atoms with van der Waals surface area (Å²) in [6.45, 7) is 2.35. The van der Waals surface area contributed by atoms with Gasteiger partial charge in [0.2, 0.25) is 0 Å². The Kier molecular flexibility index (Phi) is 5.47. The number of fused-ring (bicyclic) bond motifs is 10. The summed E-state index contributed by atoms with van der Waals surface area (Å²) in [5.41, 5.74) is 6.64. The molecule has 2 aromatic heterocycles. The van der Waals surface area contributed by atoms with Crippen molar-refractivity contribution in [3.8, 4) is 0 Å². The van der Waals surface area contributed by atoms with Crippen LogP contribution in [0.3, 0.4) is 0 Å². The van der Waals surface area contributed by atoms with Crippen LogP contribution in [0, 0.1) is 0 Å². The first kappa shape index (κ1) is 23.4. The van der Waals surface area contributed by atoms with E-state index in [9.17, 15) is 0 Å². The largest absolute Gasteiger partial charge is 0.294 e. The molecule has 3 heteroatoms. The van der Waals surface area contributed by atoms with Gasteiger partial charge in [-0.2, -0.15) is 0 Å². The second-order valence-corrected chi connectivity index (χ2v) is 11.8. The summed E-state index contributed by atoms with van der Waals surface area (Å²) in [7, 11) is 0. The van der Waals surface area contributed by atoms with Crippen molar-refractivity contribution in [2.45, 2.75) is 19.5 Å². The van der Waals surface area contributed by atoms with E-state index in [0.717, 1.165) is 6.42 Å². The molecule has 8 rings (SSSR count). The van der Waals surface area contributed by atoms with Gasteiger partial charge in [-0.1, -0.05) is 109 Å². The van der Waals surface area contributed by atoms with E-state index in [-0.39, 0.29) is 6.17 Å². The highest BCUT2D eigenvalue weighted by atomic mass is 32.1. The molecule has 6 aromatic carbocycles. The molecule has 8 aromatic rings. The van der Waals surface area contributed by atoms with Gasteiger partial charge in [-0.15, -0.1) is 11.3 Å². The van der Waals surface area contributed by atoms with E-state index in [1.165, 1.54) is 69.6 Å². The van der Waals surface area contributed by atoms with Crippen LogP contribution in [0.5, 0.6) is 0 Å². The molecular weight excluding hydrogens is 504 g/mol. The van der Waals surface area contributed by atoms with Gasteiger partial charge >= 0.3 is 0 Å². The van der Waals surface area contributed by atoms with Gasteiger partial charge in [-0.3, -0.25) is 9.88 Å². The first-order chi connectivity index (χ1) is 19.8. The topological polar surface area (TPSA) is 21.5 Å². The highest BCUT2D eigenvalue weighted by molar-refractivity contribution is 7.27. The van der Waals surface area contributed by atoms with Crippen molar-refractivity contribution in [1.29, 1.82) is 0 Å². The number of thiophene rings is 1. The Labute approximate surface area is 237 Å². The molecule has 2 nitrogen and oxygen atoms in total. The van der Waals surface area contributed by atoms with Crippen LogP contribution in [-0.4, -0.2) is 4.57 Å². The second-order valence-electron chi connectivity index (χ2n) is 10.7. The molecule has 2 heterocycles. The van der Waals surface area contributed by atoms with Crippen LogP contribution >= 0.6 is 11.3 Å². The minimum atomic E-state index is 0.161. The van der Waals surface area contributed by atoms with Gasteiger partial charge in [0.05, 0.1) is 15.7 Å². The Morgan fingerprint density at radius 2 is 1.25 bits per heavy atom. The fraction of sp³-hybridized carbons (Fsp3) is 0.0811. The van der Waals surface area contributed by atoms with E-state index >= 15 is 0 Å². The summed E-state index contributed by atoms with van der Waals surface area (Å²) < 4.78 is 5.31. The van der Waals surface area contributed by atoms with Crippen LogP contribution in [0.4, 0.5) is 5.69 Å². The van der Waals surface area contributed by atoms with Crippen LogP contribution in [0.25, 0.3) is 52.8 Å². The zero-order valence-corrected chi connectivity index (χ0v) is 23.2. The van der Waals surface area contributed by atoms with Crippen molar-refractivity contribution < 1.29 is 5.32 Å². The second kappa shape index (κ2) is 9.34. The fourth-order valence-corrected chi connectivity index (χ4v) is 7.85. The summed E-state index contributed by atoms with van der Waals surface area (Å²) in [5, 5.41) is 10.6. The predicted octanol–water partition coefficient (Wildman–Crippen LogP) is 9.32. The minimum Gasteiger partial charge on any atom is -0.294 e. The maximum atomic E-state index is 2.59. The van der Waals surface area contributed by atoms with Crippen LogP contribution in [0.15, 0.2) is 127 Å². The molecule has 192 valence electrons. The van der Waals surface area contributed by atoms with Crippen molar-refractivity contribution in [3.05, 3.63) is 139 Å². The van der Waals surface area contributed by atoms with E-state index in [2.05, 4.69) is 144 Å². The van der Waals surface area contributed by atoms with Crippen LogP contribution in [-0.2, 0) is 6.42 Å². The average Bonchev–Trinajstić information content (AvgIpc) is 3.56. The van der Waals surface area contributed by atoms with Crippen molar-refractivity contribution in [2.24, 2.45) is 0 Å². The van der Waals surface area contributed by atoms with Crippen molar-refractivity contribution in [2.75, 3.05) is 0 Å². The van der Waals surface area contributed by atoms with Gasteiger partial charge < -0.3 is 0 Å². The number of nitrogens with two attached hydrogens (primary N) is 1. The number of benzene rings is 6. The third-order valence-electron chi connectivity index (χ3n) is 8.31. The average molecular weight is 534 g/mol. The number of para-hydroxylation sites is 2. The molecule has 0 saturated carbocycles. The first-order valence-corrected chi connectivity index (χ1v) is 14.8. The molecule has 0 aliphatic carbocycles. The SMILES string of the molecule is CC([NH2+]c1ccccc1Cc1ccccc1)n1c2ccccc2c2c3ccccc3c3c4ccccc4sc3c21. The normalized spacial score (nSPS) is 12.7. The molecular formula is C37H29N2S+. The van der Waals surface area contributed by atoms with Gasteiger partial charge in [0.15, 0.2) is 6.17 Å². The number of rotatable bonds is 5. The monoisotopic (exact) mass is 533 g/mol. The van der Waals surface area contributed by atoms with E-state index in [1.807, 2.05) is 11.3 Å². The first-order valence-electron chi connectivity index (χ1n) is 14.0. The quantitative estimate of drug-likeness (QED) is 0.213. The van der Waals surface area contributed by atoms with Crippen LogP contribution in [0.1, 0.15) is 24.2 Å². The summed E-state index contributed by atoms with van der Waals surface area (Å²) in [5.74, 6) is 0. The molecule has 1 atom stereocenters. The standard InChI is InChI=1S/C37H28N2S/c1-24(38-31-20-10-5-15-26(31)23-25-13-3-2-4-14-25)39-32-21-11-8-18-29(32)34-27-16-6-7-17-28(27)35-30-19-9-12-22-33(30)40-37(35)36(34)39/h2-22,24,38H,23H2,1H3/p+1. The van der Waals surface area contributed by atoms with Crippen molar-refractivity contribution in [3.63, 3.8) is 0 Å². The lowest BCUT2D eigenvalue weighted by atomic mass is 9.99. The fourth-order valence-electron chi connectivity index (χ4n) is 6.59. The predicted molar refractivity (Wildman–Crippen MR) is 172 cm³/mol. The highest BCUT2D eigenvalue weighted by Gasteiger charge is 2.24. The smallest absolute Gasteiger partial charge is 0.167 e. The van der Waals surface area contributed by atoms with Gasteiger partial charge in [-0.25, -0.2) is 0 Å². The van der Waals surface area contributed by atoms with Gasteiger partial charge in [0.1, 0.15) is 5.69 Å². The van der Waals surface area contributed by atoms with Crippen LogP contribution in [0.2, 0.25) is 0 Å². The van der Waals surface area contributed by atoms with Gasteiger partial charge in [0.25, 0.3) is 0 Å². The molecule has 2 N–H and O–H groups in total. The lowest BCUT2D eigenvalue weighted by Crippen LogP contribution is -2.80. The molecule has 0 fully saturated rings. The summed E-state index contributed by atoms with van der Waals surface area (Å²) in [6.07, 6.45) is 1.09. The van der Waals surface area contributed by atoms with E-state index in [4.69, 9.17) is 0 Å². The Morgan fingerprint density at radius 1 is 0.625 bits per heavy atom. The molecule has 0 saturated heterocycles. The third kappa shape index (κ3) is 3.59. The Morgan fingerprint density at radius 3 is 2.08 bits per heavy atom. The maximum absolute atomic E-state index is 2.59. The molecule has 1 unspecified atom stereocenters. The van der Waals surface area contributed by atoms with Gasteiger partial charge in [0, 0.05) is 45.2 Å². The minimum absolute atomic E-state index is 0.161. The molecule has 0 radical (unpaired) electrons. The van der Waals surface area contributed by atoms with Crippen molar-refractivity contribution >= 4 is 69.8 Å². The molecule has 0 spiro atoms. The Hall–Kier alpha value is -4.44. The number of hydrogen-bond donors (Lipinski definition) is 1. The van der Waals surface area contributed by atoms with Crippen molar-refractivity contribution in [1.82, 2.24) is 4.57 Å². The molecule has 0 amide bonds. The highest BCUT2D eigenvalue weighted by Crippen LogP contribution is 2.47. The lowest BCUT2D eigenvalue weighted by molar-refractivity contribution is -0.630. The van der Waals surface area contributed by atoms with E-state index in [1.54, 1.807) is 0 Å². The zero-order chi connectivity index (χ0) is 26.6.